The Morgan fingerprint density at radius 1 is 0.706 bits per heavy atom. The van der Waals surface area contributed by atoms with Crippen molar-refractivity contribution < 1.29 is 9.31 Å². The fourth-order valence-electron chi connectivity index (χ4n) is 5.34. The molecule has 0 bridgehead atoms. The van der Waals surface area contributed by atoms with E-state index in [0.29, 0.717) is 0 Å². The van der Waals surface area contributed by atoms with Gasteiger partial charge in [0.1, 0.15) is 0 Å². The maximum Gasteiger partial charge on any atom is 0.500 e. The molecule has 0 aromatic heterocycles. The number of rotatable bonds is 4. The second-order valence-corrected chi connectivity index (χ2v) is 12.4. The Bertz CT molecular complexity index is 1010. The van der Waals surface area contributed by atoms with Crippen LogP contribution in [0.1, 0.15) is 81.8 Å². The van der Waals surface area contributed by atoms with Crippen molar-refractivity contribution in [1.29, 1.82) is 0 Å². The molecule has 0 unspecified atom stereocenters. The van der Waals surface area contributed by atoms with Gasteiger partial charge >= 0.3 is 7.12 Å². The summed E-state index contributed by atoms with van der Waals surface area (Å²) in [7, 11) is -0.519. The van der Waals surface area contributed by atoms with Crippen molar-refractivity contribution in [2.45, 2.75) is 107 Å². The monoisotopic (exact) mass is 459 g/mol. The zero-order valence-corrected chi connectivity index (χ0v) is 23.7. The Morgan fingerprint density at radius 2 is 1.03 bits per heavy atom. The van der Waals surface area contributed by atoms with Crippen LogP contribution in [0.25, 0.3) is 0 Å². The molecule has 3 rings (SSSR count). The molecule has 0 radical (unpaired) electrons. The van der Waals surface area contributed by atoms with E-state index in [2.05, 4.69) is 114 Å². The fourth-order valence-corrected chi connectivity index (χ4v) is 5.34. The molecule has 182 valence electrons. The minimum absolute atomic E-state index is 0.0601. The van der Waals surface area contributed by atoms with Gasteiger partial charge < -0.3 is 14.3 Å². The van der Waals surface area contributed by atoms with Crippen molar-refractivity contribution >= 4 is 30.3 Å². The molecule has 0 atom stereocenters. The van der Waals surface area contributed by atoms with Crippen LogP contribution in [0.2, 0.25) is 0 Å². The summed E-state index contributed by atoms with van der Waals surface area (Å²) >= 11 is 0. The summed E-state index contributed by atoms with van der Waals surface area (Å²) in [5.41, 5.74) is 10.1. The second kappa shape index (κ2) is 8.99. The van der Waals surface area contributed by atoms with Gasteiger partial charge in [0.2, 0.25) is 0 Å². The molecule has 0 N–H and O–H groups in total. The summed E-state index contributed by atoms with van der Waals surface area (Å²) in [6.45, 7) is 28.1. The van der Waals surface area contributed by atoms with Crippen molar-refractivity contribution in [3.8, 4) is 0 Å². The van der Waals surface area contributed by atoms with Gasteiger partial charge in [-0.3, -0.25) is 0 Å². The first-order valence-electron chi connectivity index (χ1n) is 12.5. The number of aliphatic imine (C=N–C) groups is 1. The van der Waals surface area contributed by atoms with E-state index in [1.165, 1.54) is 44.3 Å². The van der Waals surface area contributed by atoms with Crippen molar-refractivity contribution in [2.75, 3.05) is 0 Å². The van der Waals surface area contributed by atoms with Crippen molar-refractivity contribution in [2.24, 2.45) is 4.99 Å². The first kappa shape index (κ1) is 26.8. The largest absolute Gasteiger partial charge is 0.500 e. The van der Waals surface area contributed by atoms with E-state index >= 15 is 0 Å². The molecule has 0 spiro atoms. The maximum absolute atomic E-state index is 6.65. The SMILES string of the molecule is Cc1cc(C)c(B(C(=NC(C)(C)C)B2OC(C)(C)C(C)(C)O2)c2c(C)cc(C)cc2C)c(C)c1. The first-order valence-corrected chi connectivity index (χ1v) is 12.5. The number of nitrogens with zero attached hydrogens (tertiary/aromatic N) is 1. The third-order valence-corrected chi connectivity index (χ3v) is 7.31. The third kappa shape index (κ3) is 5.21. The van der Waals surface area contributed by atoms with Gasteiger partial charge in [0, 0.05) is 5.51 Å². The summed E-state index contributed by atoms with van der Waals surface area (Å²) in [5, 5.41) is 0. The maximum atomic E-state index is 6.65. The van der Waals surface area contributed by atoms with E-state index in [9.17, 15) is 0 Å². The Kier molecular flexibility index (Phi) is 7.07. The molecule has 0 saturated carbocycles. The summed E-state index contributed by atoms with van der Waals surface area (Å²) in [6, 6.07) is 9.14. The summed E-state index contributed by atoms with van der Waals surface area (Å²) in [6.07, 6.45) is 0. The highest BCUT2D eigenvalue weighted by Crippen LogP contribution is 2.37. The Morgan fingerprint density at radius 3 is 1.32 bits per heavy atom. The smallest absolute Gasteiger partial charge is 0.399 e. The Labute approximate surface area is 209 Å². The van der Waals surface area contributed by atoms with Crippen LogP contribution in [0.5, 0.6) is 0 Å². The van der Waals surface area contributed by atoms with Crippen molar-refractivity contribution in [3.63, 3.8) is 0 Å². The molecule has 3 nitrogen and oxygen atoms in total. The average Bonchev–Trinajstić information content (AvgIpc) is 2.83. The normalized spacial score (nSPS) is 17.9. The Hall–Kier alpha value is -1.84. The van der Waals surface area contributed by atoms with Crippen LogP contribution in [0.3, 0.4) is 0 Å². The molecule has 5 heteroatoms. The molecule has 1 heterocycles. The van der Waals surface area contributed by atoms with E-state index < -0.39 is 18.3 Å². The topological polar surface area (TPSA) is 30.8 Å². The molecule has 0 aliphatic carbocycles. The van der Waals surface area contributed by atoms with E-state index in [4.69, 9.17) is 14.3 Å². The van der Waals surface area contributed by atoms with Gasteiger partial charge in [0.25, 0.3) is 6.71 Å². The Balaban J connectivity index is 2.39. The lowest BCUT2D eigenvalue weighted by molar-refractivity contribution is 0.00578. The van der Waals surface area contributed by atoms with Gasteiger partial charge in [0.05, 0.1) is 16.7 Å². The van der Waals surface area contributed by atoms with Crippen LogP contribution in [-0.4, -0.2) is 36.1 Å². The molecule has 1 aliphatic heterocycles. The highest BCUT2D eigenvalue weighted by atomic mass is 16.7. The number of hydrogen-bond donors (Lipinski definition) is 0. The molecule has 2 aromatic carbocycles. The molecule has 1 saturated heterocycles. The average molecular weight is 459 g/mol. The van der Waals surface area contributed by atoms with Crippen LogP contribution in [0.4, 0.5) is 0 Å². The second-order valence-electron chi connectivity index (χ2n) is 12.4. The van der Waals surface area contributed by atoms with Crippen molar-refractivity contribution in [3.05, 3.63) is 57.6 Å². The van der Waals surface area contributed by atoms with Gasteiger partial charge in [-0.1, -0.05) is 68.6 Å². The first-order chi connectivity index (χ1) is 15.4. The highest BCUT2D eigenvalue weighted by Gasteiger charge is 2.55. The van der Waals surface area contributed by atoms with Gasteiger partial charge in [-0.2, -0.15) is 0 Å². The van der Waals surface area contributed by atoms with E-state index in [1.54, 1.807) is 0 Å². The van der Waals surface area contributed by atoms with E-state index in [0.717, 1.165) is 5.51 Å². The fraction of sp³-hybridized carbons (Fsp3) is 0.552. The summed E-state index contributed by atoms with van der Waals surface area (Å²) in [5.74, 6) is 0. The molecule has 2 aromatic rings. The lowest BCUT2D eigenvalue weighted by atomic mass is 9.29. The number of aryl methyl sites for hydroxylation is 6. The zero-order valence-electron chi connectivity index (χ0n) is 23.7. The highest BCUT2D eigenvalue weighted by molar-refractivity contribution is 7.26. The minimum Gasteiger partial charge on any atom is -0.399 e. The van der Waals surface area contributed by atoms with Gasteiger partial charge in [0.15, 0.2) is 0 Å². The number of benzene rings is 2. The zero-order chi connectivity index (χ0) is 25.8. The van der Waals surface area contributed by atoms with E-state index in [-0.39, 0.29) is 12.3 Å². The summed E-state index contributed by atoms with van der Waals surface area (Å²) in [4.78, 5) is 5.35. The standard InChI is InChI=1S/C29H43B2NO2/c1-18-14-20(3)24(21(4)15-18)30(25-22(5)16-19(2)17-23(25)6)26(32-27(7,8)9)31-33-28(10,11)29(12,13)34-31/h14-17H,1-13H3. The third-order valence-electron chi connectivity index (χ3n) is 7.31. The van der Waals surface area contributed by atoms with Crippen LogP contribution < -0.4 is 10.9 Å². The van der Waals surface area contributed by atoms with Gasteiger partial charge in [-0.25, -0.2) is 0 Å². The van der Waals surface area contributed by atoms with Crippen LogP contribution in [0, 0.1) is 41.5 Å². The molecular weight excluding hydrogens is 416 g/mol. The molecular formula is C29H43B2NO2. The van der Waals surface area contributed by atoms with Crippen LogP contribution >= 0.6 is 0 Å². The van der Waals surface area contributed by atoms with Crippen LogP contribution in [-0.2, 0) is 9.31 Å². The predicted octanol–water partition coefficient (Wildman–Crippen LogP) is 5.56. The minimum atomic E-state index is -0.519. The molecule has 34 heavy (non-hydrogen) atoms. The molecule has 1 fully saturated rings. The molecule has 1 aliphatic rings. The molecule has 0 amide bonds. The van der Waals surface area contributed by atoms with Gasteiger partial charge in [-0.05, 0) is 90.0 Å². The summed E-state index contributed by atoms with van der Waals surface area (Å²) < 4.78 is 13.3. The van der Waals surface area contributed by atoms with E-state index in [1.807, 2.05) is 0 Å². The van der Waals surface area contributed by atoms with Gasteiger partial charge in [-0.15, -0.1) is 0 Å². The van der Waals surface area contributed by atoms with Crippen molar-refractivity contribution in [1.82, 2.24) is 0 Å². The number of hydrogen-bond acceptors (Lipinski definition) is 3. The van der Waals surface area contributed by atoms with Crippen LogP contribution in [0.15, 0.2) is 29.3 Å². The lowest BCUT2D eigenvalue weighted by Crippen LogP contribution is -2.59. The predicted molar refractivity (Wildman–Crippen MR) is 150 cm³/mol. The lowest BCUT2D eigenvalue weighted by Gasteiger charge is -2.32. The quantitative estimate of drug-likeness (QED) is 0.443.